The van der Waals surface area contributed by atoms with Gasteiger partial charge in [-0.25, -0.2) is 0 Å². The van der Waals surface area contributed by atoms with E-state index in [4.69, 9.17) is 0 Å². The first-order valence-corrected chi connectivity index (χ1v) is 23.2. The average molecular weight is 558 g/mol. The van der Waals surface area contributed by atoms with Gasteiger partial charge in [-0.3, -0.25) is 0 Å². The van der Waals surface area contributed by atoms with Gasteiger partial charge in [-0.1, -0.05) is 142 Å². The highest BCUT2D eigenvalue weighted by Crippen LogP contribution is 2.42. The second-order valence-corrected chi connectivity index (χ2v) is 26.2. The summed E-state index contributed by atoms with van der Waals surface area (Å²) in [5.74, 6) is 0. The van der Waals surface area contributed by atoms with Crippen LogP contribution in [0.25, 0.3) is 0 Å². The molecule has 0 aliphatic carbocycles. The molecule has 0 N–H and O–H groups in total. The van der Waals surface area contributed by atoms with Gasteiger partial charge in [0.1, 0.15) is 16.5 Å². The number of nitrogens with zero attached hydrogens (tertiary/aromatic N) is 1. The van der Waals surface area contributed by atoms with Gasteiger partial charge in [0.25, 0.3) is 0 Å². The molecule has 4 aromatic carbocycles. The van der Waals surface area contributed by atoms with Crippen LogP contribution in [0.4, 0.5) is 5.69 Å². The molecule has 0 radical (unpaired) electrons. The minimum Gasteiger partial charge on any atom is -0.425 e. The van der Waals surface area contributed by atoms with Crippen LogP contribution in [0.2, 0.25) is 39.3 Å². The molecule has 4 rings (SSSR count). The lowest BCUT2D eigenvalue weighted by Crippen LogP contribution is -2.59. The average Bonchev–Trinajstić information content (AvgIpc) is 2.87. The Labute approximate surface area is 229 Å². The lowest BCUT2D eigenvalue weighted by atomic mass is 10.3. The molecule has 192 valence electrons. The molecule has 0 fully saturated rings. The van der Waals surface area contributed by atoms with Gasteiger partial charge in [-0.2, -0.15) is 0 Å². The molecule has 37 heavy (non-hydrogen) atoms. The molecule has 0 amide bonds. The van der Waals surface area contributed by atoms with E-state index in [-0.39, 0.29) is 0 Å². The van der Waals surface area contributed by atoms with Crippen LogP contribution < -0.4 is 25.4 Å². The van der Waals surface area contributed by atoms with Gasteiger partial charge in [-0.05, 0) is 61.5 Å². The third-order valence-electron chi connectivity index (χ3n) is 6.49. The van der Waals surface area contributed by atoms with Crippen molar-refractivity contribution in [3.63, 3.8) is 0 Å². The normalized spacial score (nSPS) is 12.9. The summed E-state index contributed by atoms with van der Waals surface area (Å²) in [6.45, 7) is 14.9. The zero-order valence-electron chi connectivity index (χ0n) is 23.2. The number of hydrogen-bond donors (Lipinski definition) is 0. The second kappa shape index (κ2) is 12.2. The summed E-state index contributed by atoms with van der Waals surface area (Å²) in [5, 5.41) is 5.95. The van der Waals surface area contributed by atoms with Crippen molar-refractivity contribution in [3.8, 4) is 0 Å². The zero-order chi connectivity index (χ0) is 26.5. The van der Waals surface area contributed by atoms with E-state index in [2.05, 4.69) is 159 Å². The molecule has 1 nitrogen and oxygen atoms in total. The molecule has 0 heterocycles. The molecule has 0 aliphatic rings. The van der Waals surface area contributed by atoms with Gasteiger partial charge in [-0.15, -0.1) is 0 Å². The maximum absolute atomic E-state index is 2.85. The minimum atomic E-state index is -1.52. The van der Waals surface area contributed by atoms with Crippen molar-refractivity contribution in [1.29, 1.82) is 0 Å². The molecule has 1 unspecified atom stereocenters. The van der Waals surface area contributed by atoms with E-state index < -0.39 is 32.3 Å². The SMILES string of the molecule is C[Si](C)(C)N(c1cccc(P(CCP(c2ccccc2)c2ccccc2)c2ccccc2)c1)[Si](C)(C)C. The summed E-state index contributed by atoms with van der Waals surface area (Å²) in [7, 11) is -3.90. The van der Waals surface area contributed by atoms with Crippen LogP contribution in [0.5, 0.6) is 0 Å². The Balaban J connectivity index is 1.72. The van der Waals surface area contributed by atoms with Crippen LogP contribution in [-0.2, 0) is 0 Å². The highest BCUT2D eigenvalue weighted by molar-refractivity contribution is 7.76. The smallest absolute Gasteiger partial charge is 0.138 e. The molecule has 0 aromatic heterocycles. The molecule has 0 aliphatic heterocycles. The maximum atomic E-state index is 2.85. The van der Waals surface area contributed by atoms with E-state index >= 15 is 0 Å². The molecule has 1 atom stereocenters. The van der Waals surface area contributed by atoms with Gasteiger partial charge in [0, 0.05) is 5.69 Å². The lowest BCUT2D eigenvalue weighted by Gasteiger charge is -2.46. The fourth-order valence-corrected chi connectivity index (χ4v) is 20.7. The van der Waals surface area contributed by atoms with Gasteiger partial charge < -0.3 is 4.23 Å². The van der Waals surface area contributed by atoms with Crippen molar-refractivity contribution in [2.24, 2.45) is 0 Å². The van der Waals surface area contributed by atoms with E-state index in [0.29, 0.717) is 0 Å². The Morgan fingerprint density at radius 3 is 1.19 bits per heavy atom. The number of hydrogen-bond acceptors (Lipinski definition) is 1. The summed E-state index contributed by atoms with van der Waals surface area (Å²) in [5.41, 5.74) is 1.44. The fraction of sp³-hybridized carbons (Fsp3) is 0.250. The van der Waals surface area contributed by atoms with Crippen molar-refractivity contribution >= 4 is 59.2 Å². The standard InChI is InChI=1S/C32H41NP2Si2/c1-36(2,3)33(37(4,5)6)28-17-16-24-32(27-28)35(31-22-14-9-15-23-31)26-25-34(29-18-10-7-11-19-29)30-20-12-8-13-21-30/h7-24,27H,25-26H2,1-6H3. The van der Waals surface area contributed by atoms with E-state index in [1.807, 2.05) is 0 Å². The molecule has 4 aromatic rings. The van der Waals surface area contributed by atoms with Crippen LogP contribution in [0.3, 0.4) is 0 Å². The summed E-state index contributed by atoms with van der Waals surface area (Å²) in [6.07, 6.45) is 2.39. The zero-order valence-corrected chi connectivity index (χ0v) is 27.0. The first-order chi connectivity index (χ1) is 17.6. The van der Waals surface area contributed by atoms with Crippen molar-refractivity contribution < 1.29 is 0 Å². The second-order valence-electron chi connectivity index (χ2n) is 11.5. The van der Waals surface area contributed by atoms with E-state index in [0.717, 1.165) is 0 Å². The van der Waals surface area contributed by atoms with Crippen molar-refractivity contribution in [3.05, 3.63) is 115 Å². The highest BCUT2D eigenvalue weighted by Gasteiger charge is 2.35. The van der Waals surface area contributed by atoms with E-state index in [9.17, 15) is 0 Å². The Bertz CT molecular complexity index is 1200. The van der Waals surface area contributed by atoms with Crippen molar-refractivity contribution in [2.75, 3.05) is 16.6 Å². The number of benzene rings is 4. The minimum absolute atomic E-state index is 0.402. The lowest BCUT2D eigenvalue weighted by molar-refractivity contribution is 1.36. The van der Waals surface area contributed by atoms with Crippen LogP contribution in [-0.4, -0.2) is 28.8 Å². The van der Waals surface area contributed by atoms with Crippen molar-refractivity contribution in [1.82, 2.24) is 0 Å². The first-order valence-electron chi connectivity index (χ1n) is 13.3. The fourth-order valence-electron chi connectivity index (χ4n) is 5.42. The van der Waals surface area contributed by atoms with Crippen LogP contribution in [0.1, 0.15) is 0 Å². The Hall–Kier alpha value is -2.03. The summed E-state index contributed by atoms with van der Waals surface area (Å²) in [6, 6.07) is 43.2. The Morgan fingerprint density at radius 1 is 0.459 bits per heavy atom. The molecular formula is C32H41NP2Si2. The highest BCUT2D eigenvalue weighted by atomic mass is 31.1. The van der Waals surface area contributed by atoms with Gasteiger partial charge in [0.05, 0.1) is 0 Å². The van der Waals surface area contributed by atoms with E-state index in [1.54, 1.807) is 0 Å². The maximum Gasteiger partial charge on any atom is 0.138 e. The largest absolute Gasteiger partial charge is 0.425 e. The van der Waals surface area contributed by atoms with Gasteiger partial charge in [0.2, 0.25) is 0 Å². The van der Waals surface area contributed by atoms with Crippen LogP contribution >= 0.6 is 15.8 Å². The number of rotatable bonds is 10. The summed E-state index contributed by atoms with van der Waals surface area (Å²) in [4.78, 5) is 0. The van der Waals surface area contributed by atoms with E-state index in [1.165, 1.54) is 39.2 Å². The van der Waals surface area contributed by atoms with Crippen LogP contribution in [0.15, 0.2) is 115 Å². The summed E-state index contributed by atoms with van der Waals surface area (Å²) < 4.78 is 2.85. The molecule has 0 saturated carbocycles. The van der Waals surface area contributed by atoms with Crippen LogP contribution in [0, 0.1) is 0 Å². The molecule has 5 heteroatoms. The quantitative estimate of drug-likeness (QED) is 0.142. The molecule has 0 saturated heterocycles. The molecule has 0 bridgehead atoms. The predicted octanol–water partition coefficient (Wildman–Crippen LogP) is 7.73. The Kier molecular flexibility index (Phi) is 9.25. The first kappa shape index (κ1) is 28.0. The Morgan fingerprint density at radius 2 is 0.811 bits per heavy atom. The molecule has 0 spiro atoms. The predicted molar refractivity (Wildman–Crippen MR) is 177 cm³/mol. The van der Waals surface area contributed by atoms with Gasteiger partial charge >= 0.3 is 0 Å². The topological polar surface area (TPSA) is 3.24 Å². The van der Waals surface area contributed by atoms with Gasteiger partial charge in [0.15, 0.2) is 0 Å². The monoisotopic (exact) mass is 557 g/mol. The summed E-state index contributed by atoms with van der Waals surface area (Å²) >= 11 is 0. The third kappa shape index (κ3) is 7.30. The number of anilines is 1. The van der Waals surface area contributed by atoms with Crippen molar-refractivity contribution in [2.45, 2.75) is 39.3 Å². The molecular weight excluding hydrogens is 516 g/mol. The third-order valence-corrected chi connectivity index (χ3v) is 19.1.